The van der Waals surface area contributed by atoms with Gasteiger partial charge < -0.3 is 20.3 Å². The van der Waals surface area contributed by atoms with Gasteiger partial charge in [0, 0.05) is 49.4 Å². The summed E-state index contributed by atoms with van der Waals surface area (Å²) in [7, 11) is 1.66. The molecule has 144 valence electrons. The number of benzene rings is 2. The molecule has 0 bridgehead atoms. The summed E-state index contributed by atoms with van der Waals surface area (Å²) in [6, 6.07) is 13.4. The average molecular weight is 377 g/mol. The summed E-state index contributed by atoms with van der Waals surface area (Å²) in [6.07, 6.45) is 2.49. The van der Waals surface area contributed by atoms with Crippen LogP contribution in [0.4, 0.5) is 5.69 Å². The van der Waals surface area contributed by atoms with E-state index in [0.29, 0.717) is 25.1 Å². The minimum Gasteiger partial charge on any atom is -0.497 e. The van der Waals surface area contributed by atoms with Gasteiger partial charge in [0.1, 0.15) is 5.75 Å². The Hall–Kier alpha value is -3.28. The molecule has 2 aromatic rings. The molecule has 6 heteroatoms. The lowest BCUT2D eigenvalue weighted by molar-refractivity contribution is -0.127. The normalized spacial score (nSPS) is 15.8. The van der Waals surface area contributed by atoms with Gasteiger partial charge in [0.05, 0.1) is 7.11 Å². The van der Waals surface area contributed by atoms with Crippen LogP contribution in [0.1, 0.15) is 21.5 Å². The monoisotopic (exact) mass is 377 g/mol. The van der Waals surface area contributed by atoms with Gasteiger partial charge >= 0.3 is 0 Å². The highest BCUT2D eigenvalue weighted by Crippen LogP contribution is 2.28. The summed E-state index contributed by atoms with van der Waals surface area (Å²) in [5.41, 5.74) is 9.70. The Labute approximate surface area is 164 Å². The molecular weight excluding hydrogens is 354 g/mol. The number of carbonyl (C=O) groups excluding carboxylic acids is 2. The largest absolute Gasteiger partial charge is 0.497 e. The van der Waals surface area contributed by atoms with E-state index >= 15 is 0 Å². The highest BCUT2D eigenvalue weighted by molar-refractivity contribution is 6.01. The van der Waals surface area contributed by atoms with Crippen molar-refractivity contribution >= 4 is 23.6 Å². The number of primary amides is 1. The SMILES string of the molecule is COc1ccc(N2CCN(C(=O)C3=Cc4cc(C(N)=O)ccc4C3)CC2)cc1. The first-order chi connectivity index (χ1) is 13.5. The van der Waals surface area contributed by atoms with Gasteiger partial charge in [0.25, 0.3) is 0 Å². The van der Waals surface area contributed by atoms with E-state index in [4.69, 9.17) is 10.5 Å². The van der Waals surface area contributed by atoms with Crippen molar-refractivity contribution in [2.45, 2.75) is 6.42 Å². The third kappa shape index (κ3) is 3.45. The Morgan fingerprint density at radius 3 is 2.36 bits per heavy atom. The molecule has 28 heavy (non-hydrogen) atoms. The number of piperazine rings is 1. The van der Waals surface area contributed by atoms with E-state index in [-0.39, 0.29) is 5.91 Å². The molecule has 0 saturated carbocycles. The maximum absolute atomic E-state index is 12.9. The lowest BCUT2D eigenvalue weighted by Gasteiger charge is -2.36. The van der Waals surface area contributed by atoms with Gasteiger partial charge in [-0.2, -0.15) is 0 Å². The van der Waals surface area contributed by atoms with Crippen molar-refractivity contribution < 1.29 is 14.3 Å². The first kappa shape index (κ1) is 18.1. The number of anilines is 1. The van der Waals surface area contributed by atoms with Gasteiger partial charge in [0.15, 0.2) is 0 Å². The third-order valence-electron chi connectivity index (χ3n) is 5.42. The Morgan fingerprint density at radius 2 is 1.71 bits per heavy atom. The molecule has 1 heterocycles. The summed E-state index contributed by atoms with van der Waals surface area (Å²) in [4.78, 5) is 28.5. The van der Waals surface area contributed by atoms with Gasteiger partial charge in [-0.1, -0.05) is 6.07 Å². The lowest BCUT2D eigenvalue weighted by atomic mass is 10.1. The maximum atomic E-state index is 12.9. The molecule has 0 radical (unpaired) electrons. The van der Waals surface area contributed by atoms with Gasteiger partial charge in [-0.25, -0.2) is 0 Å². The summed E-state index contributed by atoms with van der Waals surface area (Å²) < 4.78 is 5.21. The third-order valence-corrected chi connectivity index (χ3v) is 5.42. The van der Waals surface area contributed by atoms with Gasteiger partial charge in [-0.05, 0) is 53.6 Å². The van der Waals surface area contributed by atoms with Gasteiger partial charge in [-0.15, -0.1) is 0 Å². The van der Waals surface area contributed by atoms with Crippen molar-refractivity contribution in [2.75, 3.05) is 38.2 Å². The van der Waals surface area contributed by atoms with Crippen LogP contribution in [0.3, 0.4) is 0 Å². The Bertz CT molecular complexity index is 942. The predicted octanol–water partition coefficient (Wildman–Crippen LogP) is 2.08. The zero-order valence-corrected chi connectivity index (χ0v) is 15.9. The Morgan fingerprint density at radius 1 is 1.00 bits per heavy atom. The van der Waals surface area contributed by atoms with E-state index in [0.717, 1.165) is 41.2 Å². The van der Waals surface area contributed by atoms with Crippen LogP contribution in [0.25, 0.3) is 6.08 Å². The smallest absolute Gasteiger partial charge is 0.250 e. The molecule has 2 N–H and O–H groups in total. The number of hydrogen-bond donors (Lipinski definition) is 1. The van der Waals surface area contributed by atoms with Gasteiger partial charge in [0.2, 0.25) is 11.8 Å². The molecular formula is C22H23N3O3. The molecule has 1 aliphatic carbocycles. The number of rotatable bonds is 4. The van der Waals surface area contributed by atoms with E-state index in [1.165, 1.54) is 0 Å². The molecule has 4 rings (SSSR count). The molecule has 1 saturated heterocycles. The second kappa shape index (κ2) is 7.38. The quantitative estimate of drug-likeness (QED) is 0.885. The van der Waals surface area contributed by atoms with Crippen LogP contribution in [-0.4, -0.2) is 50.0 Å². The fourth-order valence-electron chi connectivity index (χ4n) is 3.79. The van der Waals surface area contributed by atoms with E-state index in [1.807, 2.05) is 41.3 Å². The standard InChI is InChI=1S/C22H23N3O3/c1-28-20-6-4-19(5-7-20)24-8-10-25(11-9-24)22(27)18-12-15-2-3-16(21(23)26)13-17(15)14-18/h2-7,13-14H,8-12H2,1H3,(H2,23,26). The number of amides is 2. The van der Waals surface area contributed by atoms with E-state index < -0.39 is 5.91 Å². The number of methoxy groups -OCH3 is 1. The van der Waals surface area contributed by atoms with Crippen molar-refractivity contribution in [3.63, 3.8) is 0 Å². The van der Waals surface area contributed by atoms with Crippen molar-refractivity contribution in [3.8, 4) is 5.75 Å². The fraction of sp³-hybridized carbons (Fsp3) is 0.273. The molecule has 0 aromatic heterocycles. The molecule has 2 aliphatic rings. The fourth-order valence-corrected chi connectivity index (χ4v) is 3.79. The maximum Gasteiger partial charge on any atom is 0.250 e. The number of carbonyl (C=O) groups is 2. The van der Waals surface area contributed by atoms with E-state index in [9.17, 15) is 9.59 Å². The van der Waals surface area contributed by atoms with Crippen LogP contribution in [0, 0.1) is 0 Å². The molecule has 1 fully saturated rings. The molecule has 2 aromatic carbocycles. The molecule has 1 aliphatic heterocycles. The summed E-state index contributed by atoms with van der Waals surface area (Å²) in [6.45, 7) is 2.96. The minimum atomic E-state index is -0.453. The highest BCUT2D eigenvalue weighted by Gasteiger charge is 2.26. The zero-order chi connectivity index (χ0) is 19.7. The summed E-state index contributed by atoms with van der Waals surface area (Å²) in [5.74, 6) is 0.460. The van der Waals surface area contributed by atoms with E-state index in [2.05, 4.69) is 4.90 Å². The second-order valence-corrected chi connectivity index (χ2v) is 7.10. The van der Waals surface area contributed by atoms with Crippen LogP contribution in [0.15, 0.2) is 48.0 Å². The Balaban J connectivity index is 1.40. The minimum absolute atomic E-state index is 0.0752. The zero-order valence-electron chi connectivity index (χ0n) is 15.9. The molecule has 0 spiro atoms. The Kier molecular flexibility index (Phi) is 4.77. The topological polar surface area (TPSA) is 75.9 Å². The second-order valence-electron chi connectivity index (χ2n) is 7.10. The predicted molar refractivity (Wildman–Crippen MR) is 108 cm³/mol. The van der Waals surface area contributed by atoms with Crippen molar-refractivity contribution in [1.29, 1.82) is 0 Å². The van der Waals surface area contributed by atoms with Crippen LogP contribution in [0.2, 0.25) is 0 Å². The first-order valence-electron chi connectivity index (χ1n) is 9.37. The number of nitrogens with zero attached hydrogens (tertiary/aromatic N) is 2. The van der Waals surface area contributed by atoms with E-state index in [1.54, 1.807) is 19.2 Å². The van der Waals surface area contributed by atoms with Crippen LogP contribution < -0.4 is 15.4 Å². The first-order valence-corrected chi connectivity index (χ1v) is 9.37. The average Bonchev–Trinajstić information content (AvgIpc) is 3.17. The summed E-state index contributed by atoms with van der Waals surface area (Å²) in [5, 5.41) is 0. The molecule has 2 amide bonds. The van der Waals surface area contributed by atoms with Crippen molar-refractivity contribution in [1.82, 2.24) is 4.90 Å². The highest BCUT2D eigenvalue weighted by atomic mass is 16.5. The number of hydrogen-bond acceptors (Lipinski definition) is 4. The van der Waals surface area contributed by atoms with Crippen LogP contribution in [-0.2, 0) is 11.2 Å². The lowest BCUT2D eigenvalue weighted by Crippen LogP contribution is -2.49. The van der Waals surface area contributed by atoms with Gasteiger partial charge in [-0.3, -0.25) is 9.59 Å². The number of ether oxygens (including phenoxy) is 1. The van der Waals surface area contributed by atoms with Crippen LogP contribution >= 0.6 is 0 Å². The van der Waals surface area contributed by atoms with Crippen LogP contribution in [0.5, 0.6) is 5.75 Å². The molecule has 6 nitrogen and oxygen atoms in total. The van der Waals surface area contributed by atoms with Crippen molar-refractivity contribution in [3.05, 3.63) is 64.7 Å². The number of fused-ring (bicyclic) bond motifs is 1. The summed E-state index contributed by atoms with van der Waals surface area (Å²) >= 11 is 0. The molecule has 0 atom stereocenters. The molecule has 0 unspecified atom stereocenters. The number of nitrogens with two attached hydrogens (primary N) is 1. The van der Waals surface area contributed by atoms with Crippen molar-refractivity contribution in [2.24, 2.45) is 5.73 Å².